The fraction of sp³-hybridized carbons (Fsp3) is 0.357. The lowest BCUT2D eigenvalue weighted by atomic mass is 10.1. The predicted molar refractivity (Wildman–Crippen MR) is 64.6 cm³/mol. The molecule has 0 spiro atoms. The Kier molecular flexibility index (Phi) is 3.73. The first-order valence-electron chi connectivity index (χ1n) is 5.29. The van der Waals surface area contributed by atoms with Crippen LogP contribution in [0.5, 0.6) is 5.75 Å². The molecule has 0 fully saturated rings. The van der Waals surface area contributed by atoms with E-state index in [1.807, 2.05) is 19.1 Å². The van der Waals surface area contributed by atoms with E-state index < -0.39 is 5.60 Å². The Labute approximate surface area is 96.6 Å². The van der Waals surface area contributed by atoms with Crippen molar-refractivity contribution in [2.45, 2.75) is 32.8 Å². The van der Waals surface area contributed by atoms with Crippen molar-refractivity contribution in [3.8, 4) is 18.1 Å². The molecule has 84 valence electrons. The maximum Gasteiger partial charge on any atom is 0.166 e. The minimum atomic E-state index is -0.704. The highest BCUT2D eigenvalue weighted by Gasteiger charge is 2.19. The molecule has 0 saturated heterocycles. The second-order valence-electron chi connectivity index (χ2n) is 4.03. The molecule has 0 heterocycles. The predicted octanol–water partition coefficient (Wildman–Crippen LogP) is 3.07. The van der Waals surface area contributed by atoms with Gasteiger partial charge in [0.15, 0.2) is 11.4 Å². The fourth-order valence-corrected chi connectivity index (χ4v) is 1.28. The van der Waals surface area contributed by atoms with Crippen molar-refractivity contribution in [1.29, 1.82) is 0 Å². The van der Waals surface area contributed by atoms with E-state index in [4.69, 9.17) is 11.2 Å². The number of para-hydroxylation sites is 1. The molecule has 0 aliphatic rings. The van der Waals surface area contributed by atoms with E-state index >= 15 is 0 Å². The first kappa shape index (κ1) is 12.3. The van der Waals surface area contributed by atoms with Crippen LogP contribution < -0.4 is 4.74 Å². The summed E-state index contributed by atoms with van der Waals surface area (Å²) in [5.41, 5.74) is -0.113. The summed E-state index contributed by atoms with van der Waals surface area (Å²) < 4.78 is 5.65. The lowest BCUT2D eigenvalue weighted by Crippen LogP contribution is -2.26. The molecule has 16 heavy (non-hydrogen) atoms. The largest absolute Gasteiger partial charge is 0.474 e. The molecule has 0 amide bonds. The van der Waals surface area contributed by atoms with Crippen LogP contribution in [0.2, 0.25) is 0 Å². The van der Waals surface area contributed by atoms with Crippen LogP contribution in [0.4, 0.5) is 0 Å². The number of ether oxygens (including phenoxy) is 1. The second kappa shape index (κ2) is 4.85. The molecular weight excluding hydrogens is 200 g/mol. The summed E-state index contributed by atoms with van der Waals surface area (Å²) in [5, 5.41) is 0. The highest BCUT2D eigenvalue weighted by molar-refractivity contribution is 5.98. The van der Waals surface area contributed by atoms with Gasteiger partial charge < -0.3 is 4.74 Å². The summed E-state index contributed by atoms with van der Waals surface area (Å²) in [6, 6.07) is 7.17. The van der Waals surface area contributed by atoms with Crippen molar-refractivity contribution in [3.05, 3.63) is 29.8 Å². The first-order chi connectivity index (χ1) is 7.50. The van der Waals surface area contributed by atoms with Gasteiger partial charge in [0.2, 0.25) is 0 Å². The molecule has 0 N–H and O–H groups in total. The number of ketones is 1. The SMILES string of the molecule is C#CC(C)(C)Oc1ccccc1C(=O)CC. The third-order valence-corrected chi connectivity index (χ3v) is 2.22. The first-order valence-corrected chi connectivity index (χ1v) is 5.29. The van der Waals surface area contributed by atoms with E-state index in [1.54, 1.807) is 26.0 Å². The van der Waals surface area contributed by atoms with Crippen LogP contribution in [0.3, 0.4) is 0 Å². The van der Waals surface area contributed by atoms with Gasteiger partial charge in [-0.1, -0.05) is 25.0 Å². The number of carbonyl (C=O) groups excluding carboxylic acids is 1. The normalized spacial score (nSPS) is 10.6. The topological polar surface area (TPSA) is 26.3 Å². The van der Waals surface area contributed by atoms with Crippen LogP contribution >= 0.6 is 0 Å². The van der Waals surface area contributed by atoms with Crippen LogP contribution in [-0.4, -0.2) is 11.4 Å². The highest BCUT2D eigenvalue weighted by atomic mass is 16.5. The van der Waals surface area contributed by atoms with E-state index in [-0.39, 0.29) is 5.78 Å². The number of hydrogen-bond donors (Lipinski definition) is 0. The third kappa shape index (κ3) is 2.87. The Morgan fingerprint density at radius 3 is 2.62 bits per heavy atom. The maximum atomic E-state index is 11.7. The van der Waals surface area contributed by atoms with Gasteiger partial charge in [-0.25, -0.2) is 0 Å². The van der Waals surface area contributed by atoms with Gasteiger partial charge >= 0.3 is 0 Å². The van der Waals surface area contributed by atoms with Crippen molar-refractivity contribution in [2.24, 2.45) is 0 Å². The van der Waals surface area contributed by atoms with Gasteiger partial charge in [0.1, 0.15) is 5.75 Å². The van der Waals surface area contributed by atoms with Crippen molar-refractivity contribution >= 4 is 5.78 Å². The summed E-state index contributed by atoms with van der Waals surface area (Å²) in [4.78, 5) is 11.7. The van der Waals surface area contributed by atoms with Gasteiger partial charge in [0.05, 0.1) is 5.56 Å². The zero-order valence-electron chi connectivity index (χ0n) is 9.91. The van der Waals surface area contributed by atoms with Gasteiger partial charge in [-0.05, 0) is 26.0 Å². The number of rotatable bonds is 4. The molecule has 2 nitrogen and oxygen atoms in total. The minimum Gasteiger partial charge on any atom is -0.474 e. The minimum absolute atomic E-state index is 0.0587. The van der Waals surface area contributed by atoms with Crippen LogP contribution in [-0.2, 0) is 0 Å². The number of carbonyl (C=O) groups is 1. The lowest BCUT2D eigenvalue weighted by Gasteiger charge is -2.21. The molecule has 0 radical (unpaired) electrons. The van der Waals surface area contributed by atoms with Gasteiger partial charge in [-0.15, -0.1) is 6.42 Å². The summed E-state index contributed by atoms with van der Waals surface area (Å²) in [6.45, 7) is 5.41. The summed E-state index contributed by atoms with van der Waals surface area (Å²) in [6.07, 6.45) is 5.81. The van der Waals surface area contributed by atoms with Gasteiger partial charge in [0, 0.05) is 6.42 Å². The summed E-state index contributed by atoms with van der Waals surface area (Å²) >= 11 is 0. The summed E-state index contributed by atoms with van der Waals surface area (Å²) in [5.74, 6) is 3.15. The molecule has 0 bridgehead atoms. The van der Waals surface area contributed by atoms with E-state index in [1.165, 1.54) is 0 Å². The van der Waals surface area contributed by atoms with Crippen molar-refractivity contribution in [2.75, 3.05) is 0 Å². The Balaban J connectivity index is 3.06. The Hall–Kier alpha value is -1.75. The van der Waals surface area contributed by atoms with E-state index in [0.29, 0.717) is 17.7 Å². The van der Waals surface area contributed by atoms with Crippen molar-refractivity contribution in [1.82, 2.24) is 0 Å². The standard InChI is InChI=1S/C14H16O2/c1-5-12(15)11-9-7-8-10-13(11)16-14(3,4)6-2/h2,7-10H,5H2,1,3-4H3. The van der Waals surface area contributed by atoms with Crippen molar-refractivity contribution < 1.29 is 9.53 Å². The molecule has 1 aromatic rings. The maximum absolute atomic E-state index is 11.7. The summed E-state index contributed by atoms with van der Waals surface area (Å²) in [7, 11) is 0. The Morgan fingerprint density at radius 1 is 1.44 bits per heavy atom. The quantitative estimate of drug-likeness (QED) is 0.571. The molecular formula is C14H16O2. The molecule has 0 aliphatic heterocycles. The third-order valence-electron chi connectivity index (χ3n) is 2.22. The molecule has 1 rings (SSSR count). The van der Waals surface area contributed by atoms with Gasteiger partial charge in [-0.2, -0.15) is 0 Å². The fourth-order valence-electron chi connectivity index (χ4n) is 1.28. The molecule has 0 unspecified atom stereocenters. The van der Waals surface area contributed by atoms with E-state index in [2.05, 4.69) is 5.92 Å². The van der Waals surface area contributed by atoms with E-state index in [0.717, 1.165) is 0 Å². The lowest BCUT2D eigenvalue weighted by molar-refractivity contribution is 0.0977. The molecule has 0 atom stereocenters. The Morgan fingerprint density at radius 2 is 2.06 bits per heavy atom. The molecule has 0 saturated carbocycles. The van der Waals surface area contributed by atoms with E-state index in [9.17, 15) is 4.79 Å². The van der Waals surface area contributed by atoms with Crippen LogP contribution in [0.15, 0.2) is 24.3 Å². The van der Waals surface area contributed by atoms with Crippen LogP contribution in [0, 0.1) is 12.3 Å². The molecule has 1 aromatic carbocycles. The average molecular weight is 216 g/mol. The monoisotopic (exact) mass is 216 g/mol. The average Bonchev–Trinajstić information content (AvgIpc) is 2.28. The molecule has 0 aromatic heterocycles. The molecule has 2 heteroatoms. The van der Waals surface area contributed by atoms with Gasteiger partial charge in [-0.3, -0.25) is 4.79 Å². The van der Waals surface area contributed by atoms with Crippen LogP contribution in [0.25, 0.3) is 0 Å². The highest BCUT2D eigenvalue weighted by Crippen LogP contribution is 2.23. The molecule has 0 aliphatic carbocycles. The smallest absolute Gasteiger partial charge is 0.166 e. The van der Waals surface area contributed by atoms with Crippen molar-refractivity contribution in [3.63, 3.8) is 0 Å². The second-order valence-corrected chi connectivity index (χ2v) is 4.03. The van der Waals surface area contributed by atoms with Gasteiger partial charge in [0.25, 0.3) is 0 Å². The number of hydrogen-bond acceptors (Lipinski definition) is 2. The number of Topliss-reactive ketones (excluding diaryl/α,β-unsaturated/α-hetero) is 1. The number of benzene rings is 1. The van der Waals surface area contributed by atoms with Crippen LogP contribution in [0.1, 0.15) is 37.6 Å². The number of terminal acetylenes is 1. The Bertz CT molecular complexity index is 425. The zero-order chi connectivity index (χ0) is 12.2. The zero-order valence-corrected chi connectivity index (χ0v) is 9.91.